The third kappa shape index (κ3) is 7.75. The van der Waals surface area contributed by atoms with Gasteiger partial charge in [-0.05, 0) is 31.3 Å². The Labute approximate surface area is 189 Å². The molecule has 3 N–H and O–H groups in total. The monoisotopic (exact) mass is 523 g/mol. The van der Waals surface area contributed by atoms with Crippen molar-refractivity contribution in [1.29, 1.82) is 0 Å². The molecule has 28 heavy (non-hydrogen) atoms. The van der Waals surface area contributed by atoms with Gasteiger partial charge in [0.15, 0.2) is 5.96 Å². The number of thiophene rings is 1. The van der Waals surface area contributed by atoms with Crippen LogP contribution < -0.4 is 11.1 Å². The minimum atomic E-state index is 0. The zero-order chi connectivity index (χ0) is 18.9. The molecule has 1 aromatic rings. The van der Waals surface area contributed by atoms with E-state index < -0.39 is 0 Å². The number of morpholine rings is 2. The number of hydrogen-bond donors (Lipinski definition) is 2. The maximum atomic E-state index is 6.12. The van der Waals surface area contributed by atoms with E-state index in [0.29, 0.717) is 12.5 Å². The van der Waals surface area contributed by atoms with E-state index >= 15 is 0 Å². The lowest BCUT2D eigenvalue weighted by atomic mass is 10.1. The van der Waals surface area contributed by atoms with E-state index in [0.717, 1.165) is 65.5 Å². The fourth-order valence-corrected chi connectivity index (χ4v) is 4.43. The van der Waals surface area contributed by atoms with Crippen LogP contribution in [0.3, 0.4) is 0 Å². The fourth-order valence-electron chi connectivity index (χ4n) is 3.58. The van der Waals surface area contributed by atoms with Crippen LogP contribution >= 0.6 is 35.3 Å². The Hall–Kier alpha value is -0.460. The van der Waals surface area contributed by atoms with Gasteiger partial charge in [0.1, 0.15) is 0 Å². The Morgan fingerprint density at radius 3 is 2.89 bits per heavy atom. The normalized spacial score (nSPS) is 23.2. The van der Waals surface area contributed by atoms with E-state index in [4.69, 9.17) is 15.2 Å². The molecular formula is C19H34IN5O2S. The molecule has 160 valence electrons. The summed E-state index contributed by atoms with van der Waals surface area (Å²) in [6.07, 6.45) is 1.33. The Kier molecular flexibility index (Phi) is 11.0. The second-order valence-electron chi connectivity index (χ2n) is 7.17. The number of hydrogen-bond acceptors (Lipinski definition) is 6. The van der Waals surface area contributed by atoms with Crippen LogP contribution in [0.5, 0.6) is 0 Å². The molecule has 9 heteroatoms. The first kappa shape index (κ1) is 23.8. The molecule has 0 bridgehead atoms. The molecule has 2 aliphatic rings. The van der Waals surface area contributed by atoms with Crippen molar-refractivity contribution in [3.8, 4) is 0 Å². The maximum absolute atomic E-state index is 6.12. The topological polar surface area (TPSA) is 75.4 Å². The second-order valence-corrected chi connectivity index (χ2v) is 8.15. The van der Waals surface area contributed by atoms with Gasteiger partial charge < -0.3 is 20.5 Å². The van der Waals surface area contributed by atoms with Gasteiger partial charge in [0, 0.05) is 37.6 Å². The highest BCUT2D eigenvalue weighted by Crippen LogP contribution is 2.27. The number of aliphatic imine (C=N–C) groups is 1. The maximum Gasteiger partial charge on any atom is 0.188 e. The molecule has 0 aliphatic carbocycles. The number of guanidine groups is 1. The molecular weight excluding hydrogens is 489 g/mol. The van der Waals surface area contributed by atoms with Gasteiger partial charge in [-0.25, -0.2) is 0 Å². The summed E-state index contributed by atoms with van der Waals surface area (Å²) in [4.78, 5) is 10.9. The third-order valence-corrected chi connectivity index (χ3v) is 6.05. The van der Waals surface area contributed by atoms with Crippen LogP contribution in [0, 0.1) is 0 Å². The Bertz CT molecular complexity index is 569. The van der Waals surface area contributed by atoms with Gasteiger partial charge >= 0.3 is 0 Å². The van der Waals surface area contributed by atoms with Gasteiger partial charge in [0.25, 0.3) is 0 Å². The van der Waals surface area contributed by atoms with Crippen LogP contribution in [0.1, 0.15) is 24.3 Å². The SMILES string of the molecule is CC1CN(C(CN=C(N)NCCCN2CCOCC2)c2cccs2)CCO1.I. The van der Waals surface area contributed by atoms with E-state index in [1.807, 2.05) is 0 Å². The van der Waals surface area contributed by atoms with Crippen molar-refractivity contribution in [2.75, 3.05) is 65.6 Å². The van der Waals surface area contributed by atoms with Gasteiger partial charge in [-0.15, -0.1) is 35.3 Å². The molecule has 1 aromatic heterocycles. The minimum Gasteiger partial charge on any atom is -0.379 e. The zero-order valence-electron chi connectivity index (χ0n) is 16.7. The summed E-state index contributed by atoms with van der Waals surface area (Å²) < 4.78 is 11.1. The fraction of sp³-hybridized carbons (Fsp3) is 0.737. The van der Waals surface area contributed by atoms with Crippen LogP contribution in [0.2, 0.25) is 0 Å². The van der Waals surface area contributed by atoms with Gasteiger partial charge in [0.2, 0.25) is 0 Å². The van der Waals surface area contributed by atoms with Gasteiger partial charge in [-0.2, -0.15) is 0 Å². The zero-order valence-corrected chi connectivity index (χ0v) is 19.9. The summed E-state index contributed by atoms with van der Waals surface area (Å²) >= 11 is 1.79. The molecule has 0 saturated carbocycles. The first-order valence-corrected chi connectivity index (χ1v) is 10.8. The van der Waals surface area contributed by atoms with Crippen LogP contribution in [0.25, 0.3) is 0 Å². The number of nitrogens with zero attached hydrogens (tertiary/aromatic N) is 3. The largest absolute Gasteiger partial charge is 0.379 e. The molecule has 2 aliphatic heterocycles. The minimum absolute atomic E-state index is 0. The lowest BCUT2D eigenvalue weighted by Gasteiger charge is -2.36. The van der Waals surface area contributed by atoms with Crippen LogP contribution in [-0.2, 0) is 9.47 Å². The van der Waals surface area contributed by atoms with Crippen molar-refractivity contribution < 1.29 is 9.47 Å². The summed E-state index contributed by atoms with van der Waals surface area (Å²) in [7, 11) is 0. The van der Waals surface area contributed by atoms with Crippen molar-refractivity contribution in [1.82, 2.24) is 15.1 Å². The standard InChI is InChI=1S/C19H33N5O2S.HI/c1-16-15-24(9-12-26-16)17(18-4-2-13-27-18)14-22-19(20)21-5-3-6-23-7-10-25-11-8-23;/h2,4,13,16-17H,3,5-12,14-15H2,1H3,(H3,20,21,22);1H. The average Bonchev–Trinajstić information content (AvgIpc) is 3.21. The van der Waals surface area contributed by atoms with Gasteiger partial charge in [-0.1, -0.05) is 6.07 Å². The molecule has 2 saturated heterocycles. The summed E-state index contributed by atoms with van der Waals surface area (Å²) in [6.45, 7) is 11.2. The Morgan fingerprint density at radius 2 is 2.18 bits per heavy atom. The highest BCUT2D eigenvalue weighted by molar-refractivity contribution is 14.0. The molecule has 2 unspecified atom stereocenters. The Morgan fingerprint density at radius 1 is 1.36 bits per heavy atom. The summed E-state index contributed by atoms with van der Waals surface area (Å²) in [5.74, 6) is 0.542. The Balaban J connectivity index is 0.00000280. The van der Waals surface area contributed by atoms with Crippen molar-refractivity contribution in [2.45, 2.75) is 25.5 Å². The summed E-state index contributed by atoms with van der Waals surface area (Å²) in [6, 6.07) is 4.56. The number of ether oxygens (including phenoxy) is 2. The first-order chi connectivity index (χ1) is 13.2. The molecule has 3 rings (SSSR count). The van der Waals surface area contributed by atoms with Crippen LogP contribution in [0.4, 0.5) is 0 Å². The van der Waals surface area contributed by atoms with Crippen molar-refractivity contribution in [3.63, 3.8) is 0 Å². The van der Waals surface area contributed by atoms with Gasteiger partial charge in [-0.3, -0.25) is 14.8 Å². The van der Waals surface area contributed by atoms with E-state index in [2.05, 4.69) is 44.5 Å². The number of nitrogens with one attached hydrogen (secondary N) is 1. The van der Waals surface area contributed by atoms with E-state index in [1.165, 1.54) is 4.88 Å². The quantitative estimate of drug-likeness (QED) is 0.234. The highest BCUT2D eigenvalue weighted by Gasteiger charge is 2.26. The van der Waals surface area contributed by atoms with E-state index in [-0.39, 0.29) is 36.1 Å². The van der Waals surface area contributed by atoms with E-state index in [1.54, 1.807) is 11.3 Å². The van der Waals surface area contributed by atoms with Crippen LogP contribution in [-0.4, -0.2) is 87.5 Å². The van der Waals surface area contributed by atoms with Crippen LogP contribution in [0.15, 0.2) is 22.5 Å². The predicted octanol–water partition coefficient (Wildman–Crippen LogP) is 1.75. The van der Waals surface area contributed by atoms with Gasteiger partial charge in [0.05, 0.1) is 38.5 Å². The average molecular weight is 523 g/mol. The molecule has 3 heterocycles. The van der Waals surface area contributed by atoms with Crippen molar-refractivity contribution in [2.24, 2.45) is 10.7 Å². The molecule has 2 fully saturated rings. The molecule has 7 nitrogen and oxygen atoms in total. The molecule has 0 aromatic carbocycles. The lowest BCUT2D eigenvalue weighted by Crippen LogP contribution is -2.44. The number of rotatable bonds is 8. The first-order valence-electron chi connectivity index (χ1n) is 9.95. The molecule has 0 amide bonds. The summed E-state index contributed by atoms with van der Waals surface area (Å²) in [5, 5.41) is 5.39. The smallest absolute Gasteiger partial charge is 0.188 e. The van der Waals surface area contributed by atoms with Crippen molar-refractivity contribution >= 4 is 41.3 Å². The molecule has 0 spiro atoms. The van der Waals surface area contributed by atoms with E-state index in [9.17, 15) is 0 Å². The lowest BCUT2D eigenvalue weighted by molar-refractivity contribution is -0.0327. The predicted molar refractivity (Wildman–Crippen MR) is 126 cm³/mol. The molecule has 2 atom stereocenters. The third-order valence-electron chi connectivity index (χ3n) is 5.08. The summed E-state index contributed by atoms with van der Waals surface area (Å²) in [5.41, 5.74) is 6.12. The number of halogens is 1. The van der Waals surface area contributed by atoms with Crippen molar-refractivity contribution in [3.05, 3.63) is 22.4 Å². The number of nitrogens with two attached hydrogens (primary N) is 1. The molecule has 0 radical (unpaired) electrons. The highest BCUT2D eigenvalue weighted by atomic mass is 127. The second kappa shape index (κ2) is 13.0.